The fraction of sp³-hybridized carbons (Fsp3) is 0. The summed E-state index contributed by atoms with van der Waals surface area (Å²) >= 11 is 13.8. The van der Waals surface area contributed by atoms with E-state index < -0.39 is 0 Å². The van der Waals surface area contributed by atoms with Gasteiger partial charge in [-0.1, -0.05) is 27.5 Å². The number of thiophene rings is 1. The summed E-state index contributed by atoms with van der Waals surface area (Å²) in [5.41, 5.74) is 6.76. The van der Waals surface area contributed by atoms with Gasteiger partial charge in [0.15, 0.2) is 0 Å². The monoisotopic (exact) mass is 393 g/mol. The Morgan fingerprint density at radius 1 is 1.24 bits per heavy atom. The van der Waals surface area contributed by atoms with Gasteiger partial charge in [-0.25, -0.2) is 0 Å². The maximum atomic E-state index is 12.2. The summed E-state index contributed by atoms with van der Waals surface area (Å²) in [5, 5.41) is 0. The SMILES string of the molecule is Nc1ccc(Br)c(C(=O)c2cc(Br)c(Cl)s2)c1. The minimum Gasteiger partial charge on any atom is -0.399 e. The topological polar surface area (TPSA) is 43.1 Å². The van der Waals surface area contributed by atoms with Gasteiger partial charge in [-0.2, -0.15) is 0 Å². The first-order valence-corrected chi connectivity index (χ1v) is 7.31. The van der Waals surface area contributed by atoms with Gasteiger partial charge < -0.3 is 5.73 Å². The molecule has 0 spiro atoms. The third-order valence-corrected chi connectivity index (χ3v) is 5.27. The summed E-state index contributed by atoms with van der Waals surface area (Å²) in [5.74, 6) is -0.0956. The number of nitrogen functional groups attached to an aromatic ring is 1. The number of anilines is 1. The number of benzene rings is 1. The van der Waals surface area contributed by atoms with Gasteiger partial charge in [0.25, 0.3) is 0 Å². The summed E-state index contributed by atoms with van der Waals surface area (Å²) < 4.78 is 2.01. The second kappa shape index (κ2) is 5.10. The van der Waals surface area contributed by atoms with Crippen LogP contribution in [0.4, 0.5) is 5.69 Å². The third-order valence-electron chi connectivity index (χ3n) is 2.10. The van der Waals surface area contributed by atoms with Crippen LogP contribution >= 0.6 is 54.8 Å². The van der Waals surface area contributed by atoms with Crippen molar-refractivity contribution in [3.63, 3.8) is 0 Å². The van der Waals surface area contributed by atoms with Gasteiger partial charge in [-0.3, -0.25) is 4.79 Å². The number of carbonyl (C=O) groups is 1. The molecule has 88 valence electrons. The van der Waals surface area contributed by atoms with E-state index in [2.05, 4.69) is 31.9 Å². The lowest BCUT2D eigenvalue weighted by Gasteiger charge is -2.02. The Labute approximate surface area is 124 Å². The second-order valence-corrected chi connectivity index (χ2v) is 6.66. The summed E-state index contributed by atoms with van der Waals surface area (Å²) in [6, 6.07) is 6.85. The molecule has 0 bridgehead atoms. The molecule has 1 aromatic heterocycles. The van der Waals surface area contributed by atoms with Crippen molar-refractivity contribution in [2.45, 2.75) is 0 Å². The molecular formula is C11H6Br2ClNOS. The zero-order chi connectivity index (χ0) is 12.6. The van der Waals surface area contributed by atoms with E-state index in [4.69, 9.17) is 17.3 Å². The summed E-state index contributed by atoms with van der Waals surface area (Å²) in [6.45, 7) is 0. The fourth-order valence-electron chi connectivity index (χ4n) is 1.31. The zero-order valence-electron chi connectivity index (χ0n) is 8.34. The van der Waals surface area contributed by atoms with Gasteiger partial charge in [0.05, 0.1) is 4.88 Å². The van der Waals surface area contributed by atoms with E-state index in [1.54, 1.807) is 24.3 Å². The highest BCUT2D eigenvalue weighted by Gasteiger charge is 2.16. The van der Waals surface area contributed by atoms with Crippen LogP contribution in [-0.4, -0.2) is 5.78 Å². The molecule has 0 radical (unpaired) electrons. The van der Waals surface area contributed by atoms with E-state index in [0.29, 0.717) is 20.5 Å². The molecule has 17 heavy (non-hydrogen) atoms. The van der Waals surface area contributed by atoms with Gasteiger partial charge in [0.1, 0.15) is 4.34 Å². The Balaban J connectivity index is 2.47. The lowest BCUT2D eigenvalue weighted by atomic mass is 10.1. The number of carbonyl (C=O) groups excluding carboxylic acids is 1. The quantitative estimate of drug-likeness (QED) is 0.590. The van der Waals surface area contributed by atoms with Gasteiger partial charge in [-0.15, -0.1) is 11.3 Å². The van der Waals surface area contributed by atoms with Crippen LogP contribution in [0.15, 0.2) is 33.2 Å². The van der Waals surface area contributed by atoms with Gasteiger partial charge >= 0.3 is 0 Å². The van der Waals surface area contributed by atoms with E-state index in [-0.39, 0.29) is 5.78 Å². The Bertz CT molecular complexity index is 578. The van der Waals surface area contributed by atoms with Crippen molar-refractivity contribution in [2.75, 3.05) is 5.73 Å². The molecule has 0 aliphatic carbocycles. The molecule has 0 aliphatic rings. The Morgan fingerprint density at radius 3 is 2.53 bits per heavy atom. The molecule has 2 rings (SSSR count). The summed E-state index contributed by atoms with van der Waals surface area (Å²) in [4.78, 5) is 12.8. The van der Waals surface area contributed by atoms with Crippen LogP contribution in [0.5, 0.6) is 0 Å². The number of halogens is 3. The molecule has 0 atom stereocenters. The second-order valence-electron chi connectivity index (χ2n) is 3.30. The largest absolute Gasteiger partial charge is 0.399 e. The average Bonchev–Trinajstić information content (AvgIpc) is 2.62. The van der Waals surface area contributed by atoms with Crippen molar-refractivity contribution >= 4 is 66.3 Å². The molecule has 6 heteroatoms. The van der Waals surface area contributed by atoms with Crippen LogP contribution in [0.2, 0.25) is 4.34 Å². The first-order valence-electron chi connectivity index (χ1n) is 4.53. The molecule has 0 saturated heterocycles. The van der Waals surface area contributed by atoms with Crippen LogP contribution in [-0.2, 0) is 0 Å². The predicted octanol–water partition coefficient (Wildman–Crippen LogP) is 4.74. The third kappa shape index (κ3) is 2.73. The Hall–Kier alpha value is -0.360. The number of rotatable bonds is 2. The number of ketones is 1. The average molecular weight is 396 g/mol. The van der Waals surface area contributed by atoms with Crippen molar-refractivity contribution in [3.8, 4) is 0 Å². The van der Waals surface area contributed by atoms with E-state index in [1.807, 2.05) is 0 Å². The first-order chi connectivity index (χ1) is 7.99. The van der Waals surface area contributed by atoms with E-state index >= 15 is 0 Å². The molecule has 1 heterocycles. The highest BCUT2D eigenvalue weighted by Crippen LogP contribution is 2.34. The molecule has 2 nitrogen and oxygen atoms in total. The van der Waals surface area contributed by atoms with Gasteiger partial charge in [0.2, 0.25) is 5.78 Å². The number of hydrogen-bond donors (Lipinski definition) is 1. The van der Waals surface area contributed by atoms with Crippen LogP contribution in [0, 0.1) is 0 Å². The molecular weight excluding hydrogens is 389 g/mol. The normalized spacial score (nSPS) is 10.5. The van der Waals surface area contributed by atoms with Gasteiger partial charge in [-0.05, 0) is 40.2 Å². The lowest BCUT2D eigenvalue weighted by Crippen LogP contribution is -2.01. The smallest absolute Gasteiger partial charge is 0.204 e. The van der Waals surface area contributed by atoms with E-state index in [9.17, 15) is 4.79 Å². The van der Waals surface area contributed by atoms with Crippen molar-refractivity contribution in [2.24, 2.45) is 0 Å². The number of nitrogens with two attached hydrogens (primary N) is 1. The van der Waals surface area contributed by atoms with Crippen molar-refractivity contribution < 1.29 is 4.79 Å². The molecule has 1 aromatic carbocycles. The lowest BCUT2D eigenvalue weighted by molar-refractivity contribution is 0.104. The van der Waals surface area contributed by atoms with E-state index in [0.717, 1.165) is 8.95 Å². The molecule has 0 unspecified atom stereocenters. The molecule has 2 N–H and O–H groups in total. The summed E-state index contributed by atoms with van der Waals surface area (Å²) in [7, 11) is 0. The summed E-state index contributed by atoms with van der Waals surface area (Å²) in [6.07, 6.45) is 0. The highest BCUT2D eigenvalue weighted by molar-refractivity contribution is 9.11. The first kappa shape index (κ1) is 13.1. The Kier molecular flexibility index (Phi) is 3.92. The highest BCUT2D eigenvalue weighted by atomic mass is 79.9. The molecule has 0 amide bonds. The van der Waals surface area contributed by atoms with Crippen molar-refractivity contribution in [1.82, 2.24) is 0 Å². The maximum absolute atomic E-state index is 12.2. The van der Waals surface area contributed by atoms with Gasteiger partial charge in [0, 0.05) is 20.2 Å². The fourth-order valence-corrected chi connectivity index (χ4v) is 3.39. The minimum atomic E-state index is -0.0956. The Morgan fingerprint density at radius 2 is 1.94 bits per heavy atom. The zero-order valence-corrected chi connectivity index (χ0v) is 13.1. The molecule has 2 aromatic rings. The number of hydrogen-bond acceptors (Lipinski definition) is 3. The van der Waals surface area contributed by atoms with Crippen molar-refractivity contribution in [1.29, 1.82) is 0 Å². The van der Waals surface area contributed by atoms with E-state index in [1.165, 1.54) is 11.3 Å². The van der Waals surface area contributed by atoms with Crippen LogP contribution in [0.3, 0.4) is 0 Å². The van der Waals surface area contributed by atoms with Crippen LogP contribution < -0.4 is 5.73 Å². The molecule has 0 fully saturated rings. The predicted molar refractivity (Wildman–Crippen MR) is 79.0 cm³/mol. The minimum absolute atomic E-state index is 0.0956. The van der Waals surface area contributed by atoms with Crippen LogP contribution in [0.25, 0.3) is 0 Å². The maximum Gasteiger partial charge on any atom is 0.204 e. The molecule has 0 aliphatic heterocycles. The standard InChI is InChI=1S/C11H6Br2ClNOS/c12-7-2-1-5(15)3-6(7)10(16)9-4-8(13)11(14)17-9/h1-4H,15H2. The molecule has 0 saturated carbocycles. The van der Waals surface area contributed by atoms with Crippen LogP contribution in [0.1, 0.15) is 15.2 Å². The van der Waals surface area contributed by atoms with Crippen molar-refractivity contribution in [3.05, 3.63) is 48.0 Å².